The molecule has 0 N–H and O–H groups in total. The quantitative estimate of drug-likeness (QED) is 0.758. The van der Waals surface area contributed by atoms with Crippen LogP contribution in [0.1, 0.15) is 64.7 Å². The molecule has 3 aliphatic rings. The molecule has 18 heavy (non-hydrogen) atoms. The predicted octanol–water partition coefficient (Wildman–Crippen LogP) is 3.72. The Hall–Kier alpha value is -0.550. The molecule has 2 aliphatic carbocycles. The van der Waals surface area contributed by atoms with E-state index in [1.165, 1.54) is 64.5 Å². The van der Waals surface area contributed by atoms with Crippen LogP contribution in [0.15, 0.2) is 0 Å². The highest BCUT2D eigenvalue weighted by atomic mass is 15.2. The molecule has 0 bridgehead atoms. The van der Waals surface area contributed by atoms with Gasteiger partial charge < -0.3 is 0 Å². The molecule has 1 heterocycles. The summed E-state index contributed by atoms with van der Waals surface area (Å²) in [5, 5.41) is 8.99. The average Bonchev–Trinajstić information content (AvgIpc) is 2.28. The van der Waals surface area contributed by atoms with Gasteiger partial charge in [0.2, 0.25) is 0 Å². The Morgan fingerprint density at radius 2 is 1.83 bits per heavy atom. The number of likely N-dealkylation sites (tertiary alicyclic amines) is 1. The average molecular weight is 246 g/mol. The van der Waals surface area contributed by atoms with Gasteiger partial charge in [0.05, 0.1) is 6.07 Å². The van der Waals surface area contributed by atoms with Crippen molar-refractivity contribution in [3.63, 3.8) is 0 Å². The van der Waals surface area contributed by atoms with E-state index in [2.05, 4.69) is 17.9 Å². The number of nitriles is 1. The standard InChI is InChI=1S/C16H26N2/c1-2-15(10-11-17)8-4-14(5-9-15)18-12-16(13-18)6-3-7-16/h14H,2-10,12-13H2,1H3/t14-,15+. The van der Waals surface area contributed by atoms with Crippen molar-refractivity contribution < 1.29 is 0 Å². The Morgan fingerprint density at radius 3 is 2.28 bits per heavy atom. The maximum absolute atomic E-state index is 8.99. The molecule has 100 valence electrons. The summed E-state index contributed by atoms with van der Waals surface area (Å²) < 4.78 is 0. The van der Waals surface area contributed by atoms with E-state index in [4.69, 9.17) is 5.26 Å². The van der Waals surface area contributed by atoms with Crippen molar-refractivity contribution in [2.24, 2.45) is 10.8 Å². The highest BCUT2D eigenvalue weighted by Gasteiger charge is 2.49. The van der Waals surface area contributed by atoms with Gasteiger partial charge in [-0.1, -0.05) is 13.3 Å². The summed E-state index contributed by atoms with van der Waals surface area (Å²) in [6.07, 6.45) is 11.7. The molecule has 0 amide bonds. The van der Waals surface area contributed by atoms with E-state index in [0.717, 1.165) is 17.9 Å². The fourth-order valence-electron chi connectivity index (χ4n) is 4.47. The minimum absolute atomic E-state index is 0.365. The Balaban J connectivity index is 1.50. The van der Waals surface area contributed by atoms with Gasteiger partial charge >= 0.3 is 0 Å². The zero-order valence-electron chi connectivity index (χ0n) is 11.7. The van der Waals surface area contributed by atoms with Crippen LogP contribution in [0.25, 0.3) is 0 Å². The van der Waals surface area contributed by atoms with E-state index < -0.39 is 0 Å². The summed E-state index contributed by atoms with van der Waals surface area (Å²) in [4.78, 5) is 2.74. The second-order valence-corrected chi connectivity index (χ2v) is 7.18. The van der Waals surface area contributed by atoms with Crippen molar-refractivity contribution >= 4 is 0 Å². The zero-order chi connectivity index (χ0) is 12.6. The third kappa shape index (κ3) is 1.97. The number of nitrogens with zero attached hydrogens (tertiary/aromatic N) is 2. The van der Waals surface area contributed by atoms with Gasteiger partial charge in [-0.25, -0.2) is 0 Å². The van der Waals surface area contributed by atoms with Gasteiger partial charge in [0.1, 0.15) is 0 Å². The van der Waals surface area contributed by atoms with E-state index in [9.17, 15) is 0 Å². The first-order valence-corrected chi connectivity index (χ1v) is 7.82. The van der Waals surface area contributed by atoms with E-state index in [1.54, 1.807) is 0 Å². The number of hydrogen-bond donors (Lipinski definition) is 0. The van der Waals surface area contributed by atoms with Crippen molar-refractivity contribution in [3.8, 4) is 6.07 Å². The maximum Gasteiger partial charge on any atom is 0.0627 e. The highest BCUT2D eigenvalue weighted by Crippen LogP contribution is 2.51. The molecule has 0 atom stereocenters. The van der Waals surface area contributed by atoms with Crippen LogP contribution < -0.4 is 0 Å². The molecule has 0 aromatic rings. The molecule has 1 spiro atoms. The Kier molecular flexibility index (Phi) is 3.14. The normalized spacial score (nSPS) is 38.8. The van der Waals surface area contributed by atoms with Crippen LogP contribution in [0.4, 0.5) is 0 Å². The summed E-state index contributed by atoms with van der Waals surface area (Å²) in [5.41, 5.74) is 1.14. The highest BCUT2D eigenvalue weighted by molar-refractivity contribution is 5.04. The van der Waals surface area contributed by atoms with Gasteiger partial charge in [-0.2, -0.15) is 5.26 Å². The summed E-state index contributed by atoms with van der Waals surface area (Å²) in [6.45, 7) is 5.04. The van der Waals surface area contributed by atoms with E-state index >= 15 is 0 Å². The van der Waals surface area contributed by atoms with Gasteiger partial charge in [0.15, 0.2) is 0 Å². The van der Waals surface area contributed by atoms with Crippen molar-refractivity contribution in [2.75, 3.05) is 13.1 Å². The van der Waals surface area contributed by atoms with Crippen molar-refractivity contribution in [1.82, 2.24) is 4.90 Å². The van der Waals surface area contributed by atoms with E-state index in [1.807, 2.05) is 0 Å². The fraction of sp³-hybridized carbons (Fsp3) is 0.938. The number of hydrogen-bond acceptors (Lipinski definition) is 2. The molecule has 0 unspecified atom stereocenters. The van der Waals surface area contributed by atoms with Crippen LogP contribution in [0, 0.1) is 22.2 Å². The van der Waals surface area contributed by atoms with Crippen LogP contribution in [0.3, 0.4) is 0 Å². The fourth-order valence-corrected chi connectivity index (χ4v) is 4.47. The second kappa shape index (κ2) is 4.53. The van der Waals surface area contributed by atoms with E-state index in [-0.39, 0.29) is 0 Å². The lowest BCUT2D eigenvalue weighted by atomic mass is 9.62. The topological polar surface area (TPSA) is 27.0 Å². The van der Waals surface area contributed by atoms with Gasteiger partial charge in [-0.05, 0) is 55.8 Å². The summed E-state index contributed by atoms with van der Waals surface area (Å²) in [5.74, 6) is 0. The maximum atomic E-state index is 8.99. The minimum Gasteiger partial charge on any atom is -0.299 e. The smallest absolute Gasteiger partial charge is 0.0627 e. The minimum atomic E-state index is 0.365. The zero-order valence-corrected chi connectivity index (χ0v) is 11.7. The molecule has 2 saturated carbocycles. The molecule has 1 aliphatic heterocycles. The van der Waals surface area contributed by atoms with Crippen molar-refractivity contribution in [3.05, 3.63) is 0 Å². The summed E-state index contributed by atoms with van der Waals surface area (Å²) in [6, 6.07) is 3.26. The SMILES string of the molecule is CC[C@]1(CC#N)CC[C@@H](N2CC3(CCC3)C2)CC1. The van der Waals surface area contributed by atoms with Crippen LogP contribution >= 0.6 is 0 Å². The van der Waals surface area contributed by atoms with Crippen LogP contribution in [0.2, 0.25) is 0 Å². The van der Waals surface area contributed by atoms with Crippen molar-refractivity contribution in [1.29, 1.82) is 5.26 Å². The Bertz CT molecular complexity index is 335. The first-order chi connectivity index (χ1) is 8.71. The molecule has 2 heteroatoms. The van der Waals surface area contributed by atoms with Gasteiger partial charge in [0.25, 0.3) is 0 Å². The monoisotopic (exact) mass is 246 g/mol. The molecule has 3 fully saturated rings. The second-order valence-electron chi connectivity index (χ2n) is 7.18. The number of rotatable bonds is 3. The first kappa shape index (κ1) is 12.5. The van der Waals surface area contributed by atoms with Crippen molar-refractivity contribution in [2.45, 2.75) is 70.8 Å². The molecular weight excluding hydrogens is 220 g/mol. The molecule has 0 aromatic heterocycles. The molecule has 0 radical (unpaired) electrons. The Morgan fingerprint density at radius 1 is 1.17 bits per heavy atom. The van der Waals surface area contributed by atoms with Gasteiger partial charge in [-0.3, -0.25) is 4.90 Å². The lowest BCUT2D eigenvalue weighted by Gasteiger charge is -2.59. The van der Waals surface area contributed by atoms with Gasteiger partial charge in [0, 0.05) is 25.6 Å². The lowest BCUT2D eigenvalue weighted by molar-refractivity contribution is -0.0959. The van der Waals surface area contributed by atoms with Crippen LogP contribution in [-0.2, 0) is 0 Å². The lowest BCUT2D eigenvalue weighted by Crippen LogP contribution is -2.63. The van der Waals surface area contributed by atoms with E-state index in [0.29, 0.717) is 5.41 Å². The molecule has 0 aromatic carbocycles. The van der Waals surface area contributed by atoms with Crippen LogP contribution in [-0.4, -0.2) is 24.0 Å². The predicted molar refractivity (Wildman–Crippen MR) is 73.1 cm³/mol. The Labute approximate surface area is 111 Å². The molecule has 1 saturated heterocycles. The third-order valence-electron chi connectivity index (χ3n) is 6.23. The largest absolute Gasteiger partial charge is 0.299 e. The first-order valence-electron chi connectivity index (χ1n) is 7.82. The summed E-state index contributed by atoms with van der Waals surface area (Å²) >= 11 is 0. The molecular formula is C16H26N2. The molecule has 3 rings (SSSR count). The van der Waals surface area contributed by atoms with Gasteiger partial charge in [-0.15, -0.1) is 0 Å². The summed E-state index contributed by atoms with van der Waals surface area (Å²) in [7, 11) is 0. The third-order valence-corrected chi connectivity index (χ3v) is 6.23. The molecule has 2 nitrogen and oxygen atoms in total. The van der Waals surface area contributed by atoms with Crippen LogP contribution in [0.5, 0.6) is 0 Å².